The third kappa shape index (κ3) is 4.59. The van der Waals surface area contributed by atoms with Gasteiger partial charge in [0.2, 0.25) is 5.91 Å². The molecule has 15 heavy (non-hydrogen) atoms. The second-order valence-corrected chi connectivity index (χ2v) is 3.96. The first-order valence-electron chi connectivity index (χ1n) is 5.64. The molecule has 0 radical (unpaired) electrons. The van der Waals surface area contributed by atoms with Crippen molar-refractivity contribution in [2.45, 2.75) is 44.7 Å². The maximum absolute atomic E-state index is 10.9. The van der Waals surface area contributed by atoms with E-state index in [1.165, 1.54) is 0 Å². The Morgan fingerprint density at radius 1 is 1.60 bits per heavy atom. The second kappa shape index (κ2) is 6.76. The summed E-state index contributed by atoms with van der Waals surface area (Å²) in [4.78, 5) is 16.2. The summed E-state index contributed by atoms with van der Waals surface area (Å²) in [5.74, 6) is -0.264. The summed E-state index contributed by atoms with van der Waals surface area (Å²) < 4.78 is 0. The molecule has 1 heterocycles. The minimum atomic E-state index is -0.264. The van der Waals surface area contributed by atoms with Gasteiger partial charge in [0.05, 0.1) is 12.6 Å². The molecule has 1 aliphatic rings. The van der Waals surface area contributed by atoms with Crippen molar-refractivity contribution in [3.05, 3.63) is 0 Å². The largest absolute Gasteiger partial charge is 0.368 e. The van der Waals surface area contributed by atoms with Crippen molar-refractivity contribution in [3.63, 3.8) is 0 Å². The minimum absolute atomic E-state index is 0.168. The van der Waals surface area contributed by atoms with Crippen LogP contribution in [0.15, 0.2) is 0 Å². The molecule has 5 heteroatoms. The normalized spacial score (nSPS) is 26.5. The first kappa shape index (κ1) is 12.4. The second-order valence-electron chi connectivity index (χ2n) is 3.96. The Balaban J connectivity index is 2.07. The van der Waals surface area contributed by atoms with Crippen molar-refractivity contribution in [2.24, 2.45) is 5.73 Å². The molecule has 0 saturated carbocycles. The van der Waals surface area contributed by atoms with Crippen LogP contribution in [0.2, 0.25) is 0 Å². The van der Waals surface area contributed by atoms with E-state index in [0.717, 1.165) is 38.8 Å². The van der Waals surface area contributed by atoms with E-state index in [1.54, 1.807) is 0 Å². The number of nitrogens with two attached hydrogens (primary N) is 1. The van der Waals surface area contributed by atoms with Crippen LogP contribution in [0, 0.1) is 0 Å². The molecule has 0 aromatic heterocycles. The molecule has 0 unspecified atom stereocenters. The van der Waals surface area contributed by atoms with Gasteiger partial charge in [-0.15, -0.1) is 0 Å². The first-order chi connectivity index (χ1) is 7.24. The van der Waals surface area contributed by atoms with Crippen LogP contribution in [0.25, 0.3) is 0 Å². The summed E-state index contributed by atoms with van der Waals surface area (Å²) in [5, 5.41) is 3.09. The number of amides is 1. The number of nitrogens with one attached hydrogen (secondary N) is 2. The third-order valence-electron chi connectivity index (χ3n) is 2.61. The molecule has 1 fully saturated rings. The lowest BCUT2D eigenvalue weighted by Gasteiger charge is -2.28. The molecule has 1 saturated heterocycles. The van der Waals surface area contributed by atoms with Gasteiger partial charge in [-0.3, -0.25) is 4.79 Å². The van der Waals surface area contributed by atoms with Crippen molar-refractivity contribution in [3.8, 4) is 0 Å². The molecular weight excluding hydrogens is 194 g/mol. The zero-order valence-electron chi connectivity index (χ0n) is 9.29. The van der Waals surface area contributed by atoms with Crippen molar-refractivity contribution in [2.75, 3.05) is 13.2 Å². The predicted molar refractivity (Wildman–Crippen MR) is 58.0 cm³/mol. The van der Waals surface area contributed by atoms with E-state index >= 15 is 0 Å². The molecule has 4 N–H and O–H groups in total. The van der Waals surface area contributed by atoms with E-state index in [-0.39, 0.29) is 18.0 Å². The van der Waals surface area contributed by atoms with Crippen molar-refractivity contribution in [1.82, 2.24) is 10.8 Å². The van der Waals surface area contributed by atoms with Crippen LogP contribution in [0.4, 0.5) is 0 Å². The van der Waals surface area contributed by atoms with Gasteiger partial charge in [0.1, 0.15) is 0 Å². The van der Waals surface area contributed by atoms with Gasteiger partial charge < -0.3 is 15.9 Å². The number of rotatable bonds is 6. The Labute approximate surface area is 90.7 Å². The molecule has 1 aliphatic heterocycles. The van der Waals surface area contributed by atoms with Gasteiger partial charge in [-0.05, 0) is 19.3 Å². The zero-order valence-corrected chi connectivity index (χ0v) is 9.29. The van der Waals surface area contributed by atoms with Crippen molar-refractivity contribution in [1.29, 1.82) is 0 Å². The molecule has 1 rings (SSSR count). The maximum atomic E-state index is 10.9. The number of primary amides is 1. The van der Waals surface area contributed by atoms with Crippen LogP contribution in [0.3, 0.4) is 0 Å². The van der Waals surface area contributed by atoms with Crippen molar-refractivity contribution >= 4 is 5.91 Å². The summed E-state index contributed by atoms with van der Waals surface area (Å²) in [6.45, 7) is 3.61. The van der Waals surface area contributed by atoms with Gasteiger partial charge in [-0.25, -0.2) is 0 Å². The summed E-state index contributed by atoms with van der Waals surface area (Å²) >= 11 is 0. The van der Waals surface area contributed by atoms with Gasteiger partial charge in [0.25, 0.3) is 0 Å². The Bertz CT molecular complexity index is 191. The Hall–Kier alpha value is -0.650. The first-order valence-corrected chi connectivity index (χ1v) is 5.64. The highest BCUT2D eigenvalue weighted by atomic mass is 16.6. The molecule has 1 amide bonds. The van der Waals surface area contributed by atoms with Crippen LogP contribution >= 0.6 is 0 Å². The average Bonchev–Trinajstić information content (AvgIpc) is 2.25. The van der Waals surface area contributed by atoms with E-state index in [4.69, 9.17) is 10.6 Å². The fourth-order valence-corrected chi connectivity index (χ4v) is 1.59. The van der Waals surface area contributed by atoms with Crippen LogP contribution in [0.5, 0.6) is 0 Å². The smallest absolute Gasteiger partial charge is 0.234 e. The Kier molecular flexibility index (Phi) is 5.60. The third-order valence-corrected chi connectivity index (χ3v) is 2.61. The summed E-state index contributed by atoms with van der Waals surface area (Å²) in [5.41, 5.74) is 8.20. The van der Waals surface area contributed by atoms with Crippen molar-refractivity contribution < 1.29 is 9.63 Å². The Morgan fingerprint density at radius 3 is 2.93 bits per heavy atom. The van der Waals surface area contributed by atoms with Gasteiger partial charge in [0.15, 0.2) is 0 Å². The monoisotopic (exact) mass is 215 g/mol. The summed E-state index contributed by atoms with van der Waals surface area (Å²) in [6.07, 6.45) is 3.91. The van der Waals surface area contributed by atoms with Crippen LogP contribution in [-0.2, 0) is 9.63 Å². The fraction of sp³-hybridized carbons (Fsp3) is 0.900. The Morgan fingerprint density at radius 2 is 2.40 bits per heavy atom. The van der Waals surface area contributed by atoms with E-state index in [0.29, 0.717) is 0 Å². The number of unbranched alkanes of at least 4 members (excludes halogenated alkanes) is 1. The molecule has 5 nitrogen and oxygen atoms in total. The predicted octanol–water partition coefficient (Wildman–Crippen LogP) is -0.0864. The zero-order chi connectivity index (χ0) is 11.1. The van der Waals surface area contributed by atoms with Gasteiger partial charge in [-0.2, -0.15) is 5.48 Å². The quantitative estimate of drug-likeness (QED) is 0.427. The summed E-state index contributed by atoms with van der Waals surface area (Å²) in [7, 11) is 0. The molecule has 88 valence electrons. The molecule has 0 aliphatic carbocycles. The van der Waals surface area contributed by atoms with E-state index in [2.05, 4.69) is 17.7 Å². The van der Waals surface area contributed by atoms with Crippen LogP contribution in [-0.4, -0.2) is 31.1 Å². The minimum Gasteiger partial charge on any atom is -0.368 e. The molecular formula is C10H21N3O2. The van der Waals surface area contributed by atoms with Crippen LogP contribution in [0.1, 0.15) is 32.6 Å². The molecule has 2 atom stereocenters. The molecule has 0 aromatic rings. The fourth-order valence-electron chi connectivity index (χ4n) is 1.59. The maximum Gasteiger partial charge on any atom is 0.234 e. The van der Waals surface area contributed by atoms with E-state index in [1.807, 2.05) is 0 Å². The standard InChI is InChI=1S/C10H21N3O2/c1-2-3-6-15-13-8-4-5-9(10(11)14)12-7-8/h8-9,12-13H,2-7H2,1H3,(H2,11,14)/t8-,9+/m1/s1. The molecule has 0 spiro atoms. The highest BCUT2D eigenvalue weighted by Crippen LogP contribution is 2.07. The van der Waals surface area contributed by atoms with Gasteiger partial charge in [0, 0.05) is 12.6 Å². The molecule has 0 bridgehead atoms. The number of piperidine rings is 1. The average molecular weight is 215 g/mol. The highest BCUT2D eigenvalue weighted by Gasteiger charge is 2.23. The molecule has 0 aromatic carbocycles. The lowest BCUT2D eigenvalue weighted by atomic mass is 10.0. The van der Waals surface area contributed by atoms with E-state index in [9.17, 15) is 4.79 Å². The number of hydrogen-bond acceptors (Lipinski definition) is 4. The topological polar surface area (TPSA) is 76.4 Å². The number of carbonyl (C=O) groups excluding carboxylic acids is 1. The lowest BCUT2D eigenvalue weighted by Crippen LogP contribution is -2.52. The van der Waals surface area contributed by atoms with Gasteiger partial charge >= 0.3 is 0 Å². The number of hydrogen-bond donors (Lipinski definition) is 3. The highest BCUT2D eigenvalue weighted by molar-refractivity contribution is 5.79. The SMILES string of the molecule is CCCCON[C@@H]1CC[C@@H](C(N)=O)NC1. The van der Waals surface area contributed by atoms with Crippen LogP contribution < -0.4 is 16.5 Å². The number of carbonyl (C=O) groups is 1. The summed E-state index contributed by atoms with van der Waals surface area (Å²) in [6, 6.07) is 0.121. The van der Waals surface area contributed by atoms with Gasteiger partial charge in [-0.1, -0.05) is 13.3 Å². The lowest BCUT2D eigenvalue weighted by molar-refractivity contribution is -0.120. The number of hydroxylamine groups is 1. The van der Waals surface area contributed by atoms with E-state index < -0.39 is 0 Å².